The summed E-state index contributed by atoms with van der Waals surface area (Å²) in [5.41, 5.74) is 2.35. The van der Waals surface area contributed by atoms with Crippen molar-refractivity contribution >= 4 is 5.97 Å². The number of carboxylic acid groups (broad SMARTS) is 1. The molecule has 2 heterocycles. The monoisotopic (exact) mass is 217 g/mol. The second-order valence-corrected chi connectivity index (χ2v) is 3.46. The van der Waals surface area contributed by atoms with Gasteiger partial charge in [-0.1, -0.05) is 0 Å². The smallest absolute Gasteiger partial charge is 0.356 e. The van der Waals surface area contributed by atoms with Crippen LogP contribution in [0.15, 0.2) is 24.7 Å². The second kappa shape index (κ2) is 3.77. The van der Waals surface area contributed by atoms with Crippen LogP contribution in [0.2, 0.25) is 0 Å². The van der Waals surface area contributed by atoms with E-state index in [-0.39, 0.29) is 5.69 Å². The summed E-state index contributed by atoms with van der Waals surface area (Å²) in [6.07, 6.45) is 3.07. The van der Waals surface area contributed by atoms with Gasteiger partial charge in [0.2, 0.25) is 0 Å². The zero-order chi connectivity index (χ0) is 11.7. The third kappa shape index (κ3) is 1.56. The molecular weight excluding hydrogens is 206 g/mol. The minimum absolute atomic E-state index is 0.0306. The molecule has 2 aromatic rings. The van der Waals surface area contributed by atoms with Crippen LogP contribution in [-0.2, 0) is 0 Å². The molecule has 0 saturated carbocycles. The van der Waals surface area contributed by atoms with E-state index in [0.717, 1.165) is 11.4 Å². The van der Waals surface area contributed by atoms with Gasteiger partial charge in [0.05, 0.1) is 17.7 Å². The highest BCUT2D eigenvalue weighted by Gasteiger charge is 2.14. The molecule has 0 saturated heterocycles. The van der Waals surface area contributed by atoms with Crippen LogP contribution in [0.25, 0.3) is 5.69 Å². The largest absolute Gasteiger partial charge is 0.476 e. The number of carboxylic acids is 1. The molecule has 0 aliphatic heterocycles. The average Bonchev–Trinajstić information content (AvgIpc) is 2.60. The zero-order valence-corrected chi connectivity index (χ0v) is 9.01. The van der Waals surface area contributed by atoms with E-state index < -0.39 is 5.97 Å². The maximum absolute atomic E-state index is 11.0. The van der Waals surface area contributed by atoms with E-state index >= 15 is 0 Å². The number of pyridine rings is 1. The Kier molecular flexibility index (Phi) is 2.44. The van der Waals surface area contributed by atoms with Crippen molar-refractivity contribution in [2.75, 3.05) is 0 Å². The summed E-state index contributed by atoms with van der Waals surface area (Å²) in [7, 11) is 0. The summed E-state index contributed by atoms with van der Waals surface area (Å²) in [5, 5.41) is 9.03. The number of aromatic carboxylic acids is 1. The van der Waals surface area contributed by atoms with Gasteiger partial charge in [0.1, 0.15) is 0 Å². The number of hydrogen-bond acceptors (Lipinski definition) is 3. The minimum Gasteiger partial charge on any atom is -0.476 e. The highest BCUT2D eigenvalue weighted by molar-refractivity contribution is 5.89. The molecule has 16 heavy (non-hydrogen) atoms. The molecule has 0 aromatic carbocycles. The summed E-state index contributed by atoms with van der Waals surface area (Å²) in [6.45, 7) is 3.77. The average molecular weight is 217 g/mol. The van der Waals surface area contributed by atoms with Crippen molar-refractivity contribution in [1.29, 1.82) is 0 Å². The van der Waals surface area contributed by atoms with E-state index in [1.54, 1.807) is 23.0 Å². The van der Waals surface area contributed by atoms with Crippen LogP contribution < -0.4 is 0 Å². The summed E-state index contributed by atoms with van der Waals surface area (Å²) >= 11 is 0. The van der Waals surface area contributed by atoms with E-state index in [2.05, 4.69) is 9.97 Å². The second-order valence-electron chi connectivity index (χ2n) is 3.46. The van der Waals surface area contributed by atoms with Crippen LogP contribution in [0.5, 0.6) is 0 Å². The lowest BCUT2D eigenvalue weighted by atomic mass is 10.2. The van der Waals surface area contributed by atoms with Crippen LogP contribution in [0.1, 0.15) is 21.9 Å². The Morgan fingerprint density at radius 3 is 2.69 bits per heavy atom. The molecule has 0 fully saturated rings. The predicted octanol–water partition coefficient (Wildman–Crippen LogP) is 1.58. The first-order valence-corrected chi connectivity index (χ1v) is 4.80. The molecule has 2 aromatic heterocycles. The highest BCUT2D eigenvalue weighted by Crippen LogP contribution is 2.16. The Bertz CT molecular complexity index is 546. The summed E-state index contributed by atoms with van der Waals surface area (Å²) in [6, 6.07) is 3.42. The third-order valence-corrected chi connectivity index (χ3v) is 2.50. The van der Waals surface area contributed by atoms with Crippen molar-refractivity contribution in [3.05, 3.63) is 41.7 Å². The first-order valence-electron chi connectivity index (χ1n) is 4.80. The molecule has 0 atom stereocenters. The molecule has 82 valence electrons. The van der Waals surface area contributed by atoms with E-state index in [1.165, 1.54) is 6.20 Å². The number of carbonyl (C=O) groups is 1. The van der Waals surface area contributed by atoms with Crippen LogP contribution >= 0.6 is 0 Å². The zero-order valence-electron chi connectivity index (χ0n) is 9.01. The van der Waals surface area contributed by atoms with Crippen molar-refractivity contribution in [2.24, 2.45) is 0 Å². The Morgan fingerprint density at radius 1 is 1.38 bits per heavy atom. The van der Waals surface area contributed by atoms with Gasteiger partial charge in [-0.3, -0.25) is 0 Å². The van der Waals surface area contributed by atoms with Gasteiger partial charge in [-0.2, -0.15) is 0 Å². The molecule has 5 heteroatoms. The SMILES string of the molecule is Cc1ncn(-c2cccnc2C(=O)O)c1C. The fraction of sp³-hybridized carbons (Fsp3) is 0.182. The van der Waals surface area contributed by atoms with Crippen LogP contribution in [0.3, 0.4) is 0 Å². The first kappa shape index (κ1) is 10.4. The van der Waals surface area contributed by atoms with E-state index in [0.29, 0.717) is 5.69 Å². The summed E-state index contributed by atoms with van der Waals surface area (Å²) in [4.78, 5) is 19.0. The van der Waals surface area contributed by atoms with Gasteiger partial charge >= 0.3 is 5.97 Å². The number of aromatic nitrogens is 3. The highest BCUT2D eigenvalue weighted by atomic mass is 16.4. The van der Waals surface area contributed by atoms with Crippen LogP contribution in [-0.4, -0.2) is 25.6 Å². The van der Waals surface area contributed by atoms with Crippen molar-refractivity contribution in [3.63, 3.8) is 0 Å². The Balaban J connectivity index is 2.64. The van der Waals surface area contributed by atoms with Gasteiger partial charge in [0.15, 0.2) is 5.69 Å². The molecule has 0 spiro atoms. The number of nitrogens with zero attached hydrogens (tertiary/aromatic N) is 3. The van der Waals surface area contributed by atoms with Crippen LogP contribution in [0.4, 0.5) is 0 Å². The molecule has 0 bridgehead atoms. The lowest BCUT2D eigenvalue weighted by molar-refractivity contribution is 0.0690. The molecule has 1 N–H and O–H groups in total. The van der Waals surface area contributed by atoms with Crippen LogP contribution in [0, 0.1) is 13.8 Å². The number of rotatable bonds is 2. The predicted molar refractivity (Wildman–Crippen MR) is 57.8 cm³/mol. The molecule has 0 aliphatic carbocycles. The maximum Gasteiger partial charge on any atom is 0.356 e. The molecule has 0 amide bonds. The summed E-state index contributed by atoms with van der Waals surface area (Å²) < 4.78 is 1.73. The molecule has 2 rings (SSSR count). The fourth-order valence-electron chi connectivity index (χ4n) is 1.50. The molecular formula is C11H11N3O2. The van der Waals surface area contributed by atoms with Crippen molar-refractivity contribution < 1.29 is 9.90 Å². The molecule has 0 radical (unpaired) electrons. The quantitative estimate of drug-likeness (QED) is 0.829. The first-order chi connectivity index (χ1) is 7.61. The number of imidazole rings is 1. The van der Waals surface area contributed by atoms with Gasteiger partial charge in [-0.25, -0.2) is 14.8 Å². The molecule has 0 unspecified atom stereocenters. The van der Waals surface area contributed by atoms with Gasteiger partial charge in [0.25, 0.3) is 0 Å². The van der Waals surface area contributed by atoms with Gasteiger partial charge in [-0.05, 0) is 26.0 Å². The van der Waals surface area contributed by atoms with Crippen molar-refractivity contribution in [2.45, 2.75) is 13.8 Å². The van der Waals surface area contributed by atoms with Crippen molar-refractivity contribution in [1.82, 2.24) is 14.5 Å². The van der Waals surface area contributed by atoms with Gasteiger partial charge < -0.3 is 9.67 Å². The number of aryl methyl sites for hydroxylation is 1. The summed E-state index contributed by atoms with van der Waals surface area (Å²) in [5.74, 6) is -1.04. The number of hydrogen-bond donors (Lipinski definition) is 1. The topological polar surface area (TPSA) is 68.0 Å². The molecule has 5 nitrogen and oxygen atoms in total. The maximum atomic E-state index is 11.0. The van der Waals surface area contributed by atoms with E-state index in [1.807, 2.05) is 13.8 Å². The van der Waals surface area contributed by atoms with E-state index in [9.17, 15) is 4.79 Å². The van der Waals surface area contributed by atoms with E-state index in [4.69, 9.17) is 5.11 Å². The lowest BCUT2D eigenvalue weighted by Gasteiger charge is -2.07. The Morgan fingerprint density at radius 2 is 2.12 bits per heavy atom. The Hall–Kier alpha value is -2.17. The standard InChI is InChI=1S/C11H11N3O2/c1-7-8(2)14(6-13-7)9-4-3-5-12-10(9)11(15)16/h3-6H,1-2H3,(H,15,16). The minimum atomic E-state index is -1.04. The lowest BCUT2D eigenvalue weighted by Crippen LogP contribution is -2.08. The molecule has 0 aliphatic rings. The van der Waals surface area contributed by atoms with Gasteiger partial charge in [0, 0.05) is 11.9 Å². The van der Waals surface area contributed by atoms with Gasteiger partial charge in [-0.15, -0.1) is 0 Å². The third-order valence-electron chi connectivity index (χ3n) is 2.50. The normalized spacial score (nSPS) is 10.4. The Labute approximate surface area is 92.4 Å². The van der Waals surface area contributed by atoms with Crippen molar-refractivity contribution in [3.8, 4) is 5.69 Å². The fourth-order valence-corrected chi connectivity index (χ4v) is 1.50.